The van der Waals surface area contributed by atoms with Gasteiger partial charge in [-0.25, -0.2) is 4.79 Å². The second kappa shape index (κ2) is 5.01. The van der Waals surface area contributed by atoms with E-state index in [4.69, 9.17) is 16.2 Å². The number of hydrogen-bond donors (Lipinski definition) is 3. The van der Waals surface area contributed by atoms with E-state index in [1.165, 1.54) is 7.11 Å². The summed E-state index contributed by atoms with van der Waals surface area (Å²) < 4.78 is 4.75. The van der Waals surface area contributed by atoms with Crippen molar-refractivity contribution in [3.05, 3.63) is 0 Å². The quantitative estimate of drug-likeness (QED) is 0.458. The van der Waals surface area contributed by atoms with Gasteiger partial charge in [-0.3, -0.25) is 0 Å². The van der Waals surface area contributed by atoms with Crippen molar-refractivity contribution in [2.75, 3.05) is 20.3 Å². The van der Waals surface area contributed by atoms with Crippen molar-refractivity contribution >= 4 is 6.03 Å². The maximum absolute atomic E-state index is 10.2. The summed E-state index contributed by atoms with van der Waals surface area (Å²) in [6.07, 6.45) is 0. The largest absolute Gasteiger partial charge is 0.383 e. The lowest BCUT2D eigenvalue weighted by molar-refractivity contribution is 0.169. The second-order valence-electron chi connectivity index (χ2n) is 1.90. The number of urea groups is 1. The van der Waals surface area contributed by atoms with Gasteiger partial charge in [-0.2, -0.15) is 0 Å². The Morgan fingerprint density at radius 1 is 1.80 bits per heavy atom. The lowest BCUT2D eigenvalue weighted by atomic mass is 10.3. The molecule has 0 aliphatic carbocycles. The van der Waals surface area contributed by atoms with Crippen molar-refractivity contribution in [1.82, 2.24) is 5.32 Å². The molecule has 0 bridgehead atoms. The first-order valence-corrected chi connectivity index (χ1v) is 2.95. The van der Waals surface area contributed by atoms with Crippen LogP contribution < -0.4 is 16.8 Å². The molecule has 0 aromatic rings. The summed E-state index contributed by atoms with van der Waals surface area (Å²) in [5, 5.41) is 2.42. The van der Waals surface area contributed by atoms with Crippen molar-refractivity contribution < 1.29 is 9.53 Å². The fourth-order valence-corrected chi connectivity index (χ4v) is 0.571. The van der Waals surface area contributed by atoms with E-state index in [0.29, 0.717) is 13.2 Å². The lowest BCUT2D eigenvalue weighted by Crippen LogP contribution is -2.45. The highest BCUT2D eigenvalue weighted by Gasteiger charge is 2.05. The molecule has 0 radical (unpaired) electrons. The van der Waals surface area contributed by atoms with Crippen molar-refractivity contribution in [2.45, 2.75) is 6.04 Å². The number of carbonyl (C=O) groups excluding carboxylic acids is 1. The van der Waals surface area contributed by atoms with Gasteiger partial charge in [-0.05, 0) is 0 Å². The van der Waals surface area contributed by atoms with Crippen LogP contribution in [0.2, 0.25) is 0 Å². The van der Waals surface area contributed by atoms with Crippen molar-refractivity contribution in [3.8, 4) is 0 Å². The van der Waals surface area contributed by atoms with Crippen molar-refractivity contribution in [2.24, 2.45) is 11.5 Å². The Morgan fingerprint density at radius 2 is 2.40 bits per heavy atom. The van der Waals surface area contributed by atoms with Crippen LogP contribution in [0.25, 0.3) is 0 Å². The summed E-state index contributed by atoms with van der Waals surface area (Å²) in [6.45, 7) is 0.718. The van der Waals surface area contributed by atoms with Gasteiger partial charge in [-0.1, -0.05) is 0 Å². The van der Waals surface area contributed by atoms with Crippen molar-refractivity contribution in [1.29, 1.82) is 0 Å². The minimum absolute atomic E-state index is 0.178. The fraction of sp³-hybridized carbons (Fsp3) is 0.800. The van der Waals surface area contributed by atoms with Crippen LogP contribution in [0, 0.1) is 0 Å². The van der Waals surface area contributed by atoms with Crippen LogP contribution in [-0.2, 0) is 4.74 Å². The normalized spacial score (nSPS) is 12.6. The predicted molar refractivity (Wildman–Crippen MR) is 37.4 cm³/mol. The zero-order valence-corrected chi connectivity index (χ0v) is 5.96. The molecule has 0 aromatic carbocycles. The molecule has 0 aliphatic rings. The first-order valence-electron chi connectivity index (χ1n) is 2.95. The summed E-state index contributed by atoms with van der Waals surface area (Å²) in [4.78, 5) is 10.2. The third kappa shape index (κ3) is 4.11. The van der Waals surface area contributed by atoms with Gasteiger partial charge in [0.2, 0.25) is 0 Å². The molecule has 5 N–H and O–H groups in total. The molecule has 0 aliphatic heterocycles. The summed E-state index contributed by atoms with van der Waals surface area (Å²) >= 11 is 0. The zero-order valence-electron chi connectivity index (χ0n) is 5.96. The third-order valence-corrected chi connectivity index (χ3v) is 0.999. The first-order chi connectivity index (χ1) is 4.70. The Kier molecular flexibility index (Phi) is 4.61. The number of ether oxygens (including phenoxy) is 1. The van der Waals surface area contributed by atoms with E-state index in [1.54, 1.807) is 0 Å². The highest BCUT2D eigenvalue weighted by atomic mass is 16.5. The van der Waals surface area contributed by atoms with E-state index in [0.717, 1.165) is 0 Å². The second-order valence-corrected chi connectivity index (χ2v) is 1.90. The fourth-order valence-electron chi connectivity index (χ4n) is 0.571. The van der Waals surface area contributed by atoms with Gasteiger partial charge in [0.1, 0.15) is 0 Å². The summed E-state index contributed by atoms with van der Waals surface area (Å²) in [5.41, 5.74) is 10.1. The van der Waals surface area contributed by atoms with E-state index in [1.807, 2.05) is 0 Å². The number of methoxy groups -OCH3 is 1. The number of nitrogens with one attached hydrogen (secondary N) is 1. The van der Waals surface area contributed by atoms with Gasteiger partial charge in [0.05, 0.1) is 12.6 Å². The van der Waals surface area contributed by atoms with Gasteiger partial charge >= 0.3 is 6.03 Å². The minimum atomic E-state index is -0.576. The number of primary amides is 1. The molecule has 0 saturated heterocycles. The molecule has 0 rings (SSSR count). The molecule has 1 atom stereocenters. The molecule has 10 heavy (non-hydrogen) atoms. The molecule has 0 spiro atoms. The summed E-state index contributed by atoms with van der Waals surface area (Å²) in [5.74, 6) is 0. The third-order valence-electron chi connectivity index (χ3n) is 0.999. The number of carbonyl (C=O) groups is 1. The first kappa shape index (κ1) is 9.19. The van der Waals surface area contributed by atoms with Crippen LogP contribution >= 0.6 is 0 Å². The molecule has 0 fully saturated rings. The van der Waals surface area contributed by atoms with Gasteiger partial charge in [0, 0.05) is 13.7 Å². The Bertz CT molecular complexity index is 107. The van der Waals surface area contributed by atoms with Crippen LogP contribution in [0.3, 0.4) is 0 Å². The Morgan fingerprint density at radius 3 is 2.70 bits per heavy atom. The molecule has 0 aromatic heterocycles. The average Bonchev–Trinajstić information content (AvgIpc) is 1.86. The molecular weight excluding hydrogens is 134 g/mol. The van der Waals surface area contributed by atoms with E-state index < -0.39 is 6.03 Å². The monoisotopic (exact) mass is 147 g/mol. The van der Waals surface area contributed by atoms with E-state index in [2.05, 4.69) is 5.32 Å². The van der Waals surface area contributed by atoms with Gasteiger partial charge in [-0.15, -0.1) is 0 Å². The van der Waals surface area contributed by atoms with Gasteiger partial charge < -0.3 is 21.5 Å². The van der Waals surface area contributed by atoms with Crippen LogP contribution in [0.1, 0.15) is 0 Å². The SMILES string of the molecule is COCC(CN)NC(N)=O. The van der Waals surface area contributed by atoms with Crippen molar-refractivity contribution in [3.63, 3.8) is 0 Å². The van der Waals surface area contributed by atoms with E-state index >= 15 is 0 Å². The van der Waals surface area contributed by atoms with Crippen LogP contribution in [0.15, 0.2) is 0 Å². The molecule has 5 heteroatoms. The molecule has 5 nitrogen and oxygen atoms in total. The van der Waals surface area contributed by atoms with Crippen LogP contribution in [-0.4, -0.2) is 32.3 Å². The predicted octanol–water partition coefficient (Wildman–Crippen LogP) is -1.37. The Balaban J connectivity index is 3.49. The molecule has 0 heterocycles. The smallest absolute Gasteiger partial charge is 0.312 e. The molecule has 0 saturated carbocycles. The van der Waals surface area contributed by atoms with Crippen LogP contribution in [0.4, 0.5) is 4.79 Å². The maximum Gasteiger partial charge on any atom is 0.312 e. The maximum atomic E-state index is 10.2. The number of rotatable bonds is 4. The number of amides is 2. The molecule has 2 amide bonds. The summed E-state index contributed by atoms with van der Waals surface area (Å²) in [7, 11) is 1.53. The van der Waals surface area contributed by atoms with Gasteiger partial charge in [0.15, 0.2) is 0 Å². The topological polar surface area (TPSA) is 90.4 Å². The molecule has 1 unspecified atom stereocenters. The molecular formula is C5H13N3O2. The molecule has 60 valence electrons. The highest BCUT2D eigenvalue weighted by molar-refractivity contribution is 5.71. The zero-order chi connectivity index (χ0) is 7.98. The minimum Gasteiger partial charge on any atom is -0.383 e. The average molecular weight is 147 g/mol. The number of nitrogens with two attached hydrogens (primary N) is 2. The number of hydrogen-bond acceptors (Lipinski definition) is 3. The Labute approximate surface area is 59.7 Å². The van der Waals surface area contributed by atoms with E-state index in [-0.39, 0.29) is 6.04 Å². The highest BCUT2D eigenvalue weighted by Crippen LogP contribution is 1.79. The lowest BCUT2D eigenvalue weighted by Gasteiger charge is -2.12. The summed E-state index contributed by atoms with van der Waals surface area (Å²) in [6, 6.07) is -0.755. The standard InChI is InChI=1S/C5H13N3O2/c1-10-3-4(2-6)8-5(7)9/h4H,2-3,6H2,1H3,(H3,7,8,9). The van der Waals surface area contributed by atoms with Gasteiger partial charge in [0.25, 0.3) is 0 Å². The van der Waals surface area contributed by atoms with E-state index in [9.17, 15) is 4.79 Å². The van der Waals surface area contributed by atoms with Crippen LogP contribution in [0.5, 0.6) is 0 Å². The Hall–Kier alpha value is -0.810.